The summed E-state index contributed by atoms with van der Waals surface area (Å²) in [6.45, 7) is 3.26. The molecule has 0 amide bonds. The number of ether oxygens (including phenoxy) is 3. The Morgan fingerprint density at radius 2 is 1.35 bits per heavy atom. The van der Waals surface area contributed by atoms with Gasteiger partial charge in [0.2, 0.25) is 5.78 Å². The van der Waals surface area contributed by atoms with Gasteiger partial charge in [-0.3, -0.25) is 4.79 Å². The molecule has 0 aliphatic rings. The third kappa shape index (κ3) is 6.60. The maximum atomic E-state index is 12.7. The SMILES string of the molecule is CCC(OC(=O)C(C)Oc1ccc(Oc2ccc(C(F)(F)F)cc2)cc1)C(=O)c1ccccc1. The lowest BCUT2D eigenvalue weighted by molar-refractivity contribution is -0.154. The Labute approximate surface area is 195 Å². The summed E-state index contributed by atoms with van der Waals surface area (Å²) in [4.78, 5) is 25.0. The zero-order valence-electron chi connectivity index (χ0n) is 18.5. The number of carbonyl (C=O) groups excluding carboxylic acids is 2. The van der Waals surface area contributed by atoms with E-state index in [4.69, 9.17) is 14.2 Å². The van der Waals surface area contributed by atoms with Gasteiger partial charge in [0.05, 0.1) is 5.56 Å². The predicted octanol–water partition coefficient (Wildman–Crippen LogP) is 6.47. The van der Waals surface area contributed by atoms with Crippen LogP contribution in [0.25, 0.3) is 0 Å². The fourth-order valence-corrected chi connectivity index (χ4v) is 3.03. The van der Waals surface area contributed by atoms with Gasteiger partial charge in [0, 0.05) is 5.56 Å². The molecule has 0 fully saturated rings. The molecule has 8 heteroatoms. The molecule has 0 aliphatic carbocycles. The fraction of sp³-hybridized carbons (Fsp3) is 0.231. The summed E-state index contributed by atoms with van der Waals surface area (Å²) in [5.41, 5.74) is -0.306. The van der Waals surface area contributed by atoms with Crippen LogP contribution in [0.3, 0.4) is 0 Å². The molecule has 0 aromatic heterocycles. The second kappa shape index (κ2) is 10.9. The Morgan fingerprint density at radius 1 is 0.824 bits per heavy atom. The Kier molecular flexibility index (Phi) is 7.94. The van der Waals surface area contributed by atoms with Crippen molar-refractivity contribution < 1.29 is 37.0 Å². The molecule has 0 N–H and O–H groups in total. The van der Waals surface area contributed by atoms with E-state index >= 15 is 0 Å². The number of carbonyl (C=O) groups is 2. The van der Waals surface area contributed by atoms with Crippen molar-refractivity contribution >= 4 is 11.8 Å². The number of halogens is 3. The minimum Gasteiger partial charge on any atom is -0.479 e. The van der Waals surface area contributed by atoms with Crippen molar-refractivity contribution in [3.05, 3.63) is 90.0 Å². The van der Waals surface area contributed by atoms with Crippen LogP contribution in [-0.4, -0.2) is 24.0 Å². The molecular formula is C26H23F3O5. The summed E-state index contributed by atoms with van der Waals surface area (Å²) in [5.74, 6) is 0.00966. The molecule has 178 valence electrons. The highest BCUT2D eigenvalue weighted by Gasteiger charge is 2.30. The number of alkyl halides is 3. The molecule has 2 unspecified atom stereocenters. The van der Waals surface area contributed by atoms with Gasteiger partial charge in [-0.2, -0.15) is 13.2 Å². The highest BCUT2D eigenvalue weighted by atomic mass is 19.4. The average molecular weight is 472 g/mol. The standard InChI is InChI=1S/C26H23F3O5/c1-3-23(24(30)18-7-5-4-6-8-18)34-25(31)17(2)32-20-13-15-22(16-14-20)33-21-11-9-19(10-12-21)26(27,28)29/h4-17,23H,3H2,1-2H3. The molecule has 0 radical (unpaired) electrons. The van der Waals surface area contributed by atoms with Gasteiger partial charge in [-0.1, -0.05) is 37.3 Å². The van der Waals surface area contributed by atoms with Gasteiger partial charge in [-0.25, -0.2) is 4.79 Å². The molecule has 3 aromatic rings. The molecule has 34 heavy (non-hydrogen) atoms. The second-order valence-corrected chi connectivity index (χ2v) is 7.42. The molecule has 0 spiro atoms. The highest BCUT2D eigenvalue weighted by Crippen LogP contribution is 2.31. The van der Waals surface area contributed by atoms with Gasteiger partial charge in [-0.15, -0.1) is 0 Å². The fourth-order valence-electron chi connectivity index (χ4n) is 3.03. The molecule has 0 aliphatic heterocycles. The van der Waals surface area contributed by atoms with E-state index in [0.717, 1.165) is 12.1 Å². The van der Waals surface area contributed by atoms with Crippen molar-refractivity contribution in [3.63, 3.8) is 0 Å². The van der Waals surface area contributed by atoms with Crippen LogP contribution in [0.1, 0.15) is 36.2 Å². The summed E-state index contributed by atoms with van der Waals surface area (Å²) >= 11 is 0. The van der Waals surface area contributed by atoms with E-state index in [9.17, 15) is 22.8 Å². The number of Topliss-reactive ketones (excluding diaryl/α,β-unsaturated/α-hetero) is 1. The molecule has 3 aromatic carbocycles. The first kappa shape index (κ1) is 24.8. The average Bonchev–Trinajstić information content (AvgIpc) is 2.83. The van der Waals surface area contributed by atoms with Crippen LogP contribution in [0.4, 0.5) is 13.2 Å². The summed E-state index contributed by atoms with van der Waals surface area (Å²) in [7, 11) is 0. The number of hydrogen-bond donors (Lipinski definition) is 0. The van der Waals surface area contributed by atoms with Crippen molar-refractivity contribution in [3.8, 4) is 17.2 Å². The van der Waals surface area contributed by atoms with Gasteiger partial charge in [-0.05, 0) is 61.9 Å². The maximum Gasteiger partial charge on any atom is 0.416 e. The molecule has 0 heterocycles. The molecule has 3 rings (SSSR count). The lowest BCUT2D eigenvalue weighted by atomic mass is 10.0. The van der Waals surface area contributed by atoms with Gasteiger partial charge in [0.25, 0.3) is 0 Å². The lowest BCUT2D eigenvalue weighted by Gasteiger charge is -2.19. The minimum atomic E-state index is -4.42. The van der Waals surface area contributed by atoms with Gasteiger partial charge >= 0.3 is 12.1 Å². The molecule has 0 bridgehead atoms. The van der Waals surface area contributed by atoms with Crippen molar-refractivity contribution in [2.45, 2.75) is 38.7 Å². The quantitative estimate of drug-likeness (QED) is 0.264. The van der Waals surface area contributed by atoms with Crippen molar-refractivity contribution in [2.24, 2.45) is 0 Å². The lowest BCUT2D eigenvalue weighted by Crippen LogP contribution is -2.33. The third-order valence-electron chi connectivity index (χ3n) is 4.87. The van der Waals surface area contributed by atoms with Crippen LogP contribution in [0.15, 0.2) is 78.9 Å². The van der Waals surface area contributed by atoms with Gasteiger partial charge in [0.15, 0.2) is 12.2 Å². The molecule has 2 atom stereocenters. The van der Waals surface area contributed by atoms with Crippen molar-refractivity contribution in [1.29, 1.82) is 0 Å². The van der Waals surface area contributed by atoms with E-state index in [1.807, 2.05) is 0 Å². The summed E-state index contributed by atoms with van der Waals surface area (Å²) < 4.78 is 54.5. The predicted molar refractivity (Wildman–Crippen MR) is 119 cm³/mol. The van der Waals surface area contributed by atoms with Crippen LogP contribution in [-0.2, 0) is 15.7 Å². The van der Waals surface area contributed by atoms with E-state index in [2.05, 4.69) is 0 Å². The van der Waals surface area contributed by atoms with Crippen LogP contribution in [0.5, 0.6) is 17.2 Å². The summed E-state index contributed by atoms with van der Waals surface area (Å²) in [6, 6.07) is 19.1. The van der Waals surface area contributed by atoms with E-state index in [1.165, 1.54) is 19.1 Å². The topological polar surface area (TPSA) is 61.8 Å². The third-order valence-corrected chi connectivity index (χ3v) is 4.87. The largest absolute Gasteiger partial charge is 0.479 e. The summed E-state index contributed by atoms with van der Waals surface area (Å²) in [5, 5.41) is 0. The minimum absolute atomic E-state index is 0.243. The smallest absolute Gasteiger partial charge is 0.416 e. The Bertz CT molecular complexity index is 1090. The van der Waals surface area contributed by atoms with Gasteiger partial charge < -0.3 is 14.2 Å². The number of rotatable bonds is 9. The van der Waals surface area contributed by atoms with Gasteiger partial charge in [0.1, 0.15) is 17.2 Å². The Morgan fingerprint density at radius 3 is 1.88 bits per heavy atom. The van der Waals surface area contributed by atoms with E-state index in [-0.39, 0.29) is 11.5 Å². The molecular weight excluding hydrogens is 449 g/mol. The van der Waals surface area contributed by atoms with Crippen LogP contribution in [0, 0.1) is 0 Å². The number of esters is 1. The summed E-state index contributed by atoms with van der Waals surface area (Å²) in [6.07, 6.45) is -5.98. The second-order valence-electron chi connectivity index (χ2n) is 7.42. The normalized spacial score (nSPS) is 13.0. The van der Waals surface area contributed by atoms with Crippen molar-refractivity contribution in [2.75, 3.05) is 0 Å². The number of ketones is 1. The Balaban J connectivity index is 1.55. The molecule has 0 saturated heterocycles. The zero-order chi connectivity index (χ0) is 24.7. The number of benzene rings is 3. The first-order valence-corrected chi connectivity index (χ1v) is 10.6. The molecule has 0 saturated carbocycles. The molecule has 5 nitrogen and oxygen atoms in total. The van der Waals surface area contributed by atoms with E-state index in [0.29, 0.717) is 23.5 Å². The monoisotopic (exact) mass is 472 g/mol. The van der Waals surface area contributed by atoms with E-state index in [1.54, 1.807) is 61.5 Å². The first-order chi connectivity index (χ1) is 16.2. The first-order valence-electron chi connectivity index (χ1n) is 10.6. The van der Waals surface area contributed by atoms with Crippen molar-refractivity contribution in [1.82, 2.24) is 0 Å². The van der Waals surface area contributed by atoms with Crippen LogP contribution in [0.2, 0.25) is 0 Å². The van der Waals surface area contributed by atoms with E-state index < -0.39 is 29.9 Å². The zero-order valence-corrected chi connectivity index (χ0v) is 18.5. The highest BCUT2D eigenvalue weighted by molar-refractivity contribution is 6.00. The van der Waals surface area contributed by atoms with Crippen LogP contribution >= 0.6 is 0 Å². The maximum absolute atomic E-state index is 12.7. The Hall–Kier alpha value is -3.81. The number of hydrogen-bond acceptors (Lipinski definition) is 5. The van der Waals surface area contributed by atoms with Crippen LogP contribution < -0.4 is 9.47 Å².